The summed E-state index contributed by atoms with van der Waals surface area (Å²) < 4.78 is 5.48. The number of thiophene rings is 1. The van der Waals surface area contributed by atoms with Gasteiger partial charge in [-0.2, -0.15) is 0 Å². The summed E-state index contributed by atoms with van der Waals surface area (Å²) in [4.78, 5) is 12.8. The molecule has 4 heteroatoms. The molecular formula is C19H15NO2S. The van der Waals surface area contributed by atoms with Crippen molar-refractivity contribution < 1.29 is 9.53 Å². The number of hydrogen-bond donors (Lipinski definition) is 1. The van der Waals surface area contributed by atoms with Gasteiger partial charge in [-0.15, -0.1) is 11.3 Å². The van der Waals surface area contributed by atoms with Crippen molar-refractivity contribution in [1.29, 1.82) is 0 Å². The van der Waals surface area contributed by atoms with Crippen LogP contribution >= 0.6 is 11.3 Å². The van der Waals surface area contributed by atoms with Crippen molar-refractivity contribution in [3.63, 3.8) is 0 Å². The second-order valence-electron chi connectivity index (χ2n) is 5.45. The van der Waals surface area contributed by atoms with Gasteiger partial charge in [-0.3, -0.25) is 0 Å². The van der Waals surface area contributed by atoms with Crippen molar-refractivity contribution in [3.8, 4) is 11.1 Å². The van der Waals surface area contributed by atoms with Gasteiger partial charge in [-0.1, -0.05) is 54.6 Å². The van der Waals surface area contributed by atoms with Crippen LogP contribution in [0.1, 0.15) is 22.6 Å². The Morgan fingerprint density at radius 3 is 2.52 bits per heavy atom. The maximum atomic E-state index is 11.8. The molecule has 2 aromatic carbocycles. The number of alkyl carbamates (subject to hydrolysis) is 1. The minimum absolute atomic E-state index is 0.162. The first-order chi connectivity index (χ1) is 11.3. The Kier molecular flexibility index (Phi) is 3.60. The third-order valence-electron chi connectivity index (χ3n) is 3.99. The summed E-state index contributed by atoms with van der Waals surface area (Å²) in [5, 5.41) is 4.93. The molecule has 4 rings (SSSR count). The van der Waals surface area contributed by atoms with Crippen molar-refractivity contribution in [2.75, 3.05) is 0 Å². The molecule has 0 radical (unpaired) electrons. The second kappa shape index (κ2) is 5.89. The fourth-order valence-corrected chi connectivity index (χ4v) is 3.69. The summed E-state index contributed by atoms with van der Waals surface area (Å²) in [6, 6.07) is 22.3. The van der Waals surface area contributed by atoms with Crippen LogP contribution in [-0.4, -0.2) is 6.09 Å². The summed E-state index contributed by atoms with van der Waals surface area (Å²) in [5.41, 5.74) is 3.34. The van der Waals surface area contributed by atoms with E-state index in [2.05, 4.69) is 29.6 Å². The largest absolute Gasteiger partial charge is 0.438 e. The normalized spacial score (nSPS) is 20.1. The van der Waals surface area contributed by atoms with E-state index in [1.165, 1.54) is 0 Å². The average Bonchev–Trinajstić information content (AvgIpc) is 3.25. The minimum Gasteiger partial charge on any atom is -0.438 e. The number of hydrogen-bond acceptors (Lipinski definition) is 3. The highest BCUT2D eigenvalue weighted by Gasteiger charge is 2.37. The molecule has 0 bridgehead atoms. The van der Waals surface area contributed by atoms with Crippen LogP contribution in [0.4, 0.5) is 4.79 Å². The maximum absolute atomic E-state index is 11.8. The minimum atomic E-state index is -0.362. The van der Waals surface area contributed by atoms with Crippen LogP contribution < -0.4 is 5.32 Å². The zero-order valence-electron chi connectivity index (χ0n) is 12.3. The molecule has 1 saturated heterocycles. The molecule has 1 aliphatic heterocycles. The molecule has 2 heterocycles. The van der Waals surface area contributed by atoms with Crippen LogP contribution in [0.3, 0.4) is 0 Å². The van der Waals surface area contributed by atoms with Crippen LogP contribution in [-0.2, 0) is 4.74 Å². The quantitative estimate of drug-likeness (QED) is 0.742. The number of ether oxygens (including phenoxy) is 1. The Hall–Kier alpha value is -2.59. The highest BCUT2D eigenvalue weighted by molar-refractivity contribution is 7.10. The van der Waals surface area contributed by atoms with E-state index in [9.17, 15) is 4.79 Å². The predicted molar refractivity (Wildman–Crippen MR) is 91.3 cm³/mol. The molecule has 3 aromatic rings. The molecular weight excluding hydrogens is 306 g/mol. The van der Waals surface area contributed by atoms with E-state index in [0.717, 1.165) is 21.6 Å². The Labute approximate surface area is 138 Å². The van der Waals surface area contributed by atoms with Crippen LogP contribution in [0.2, 0.25) is 0 Å². The second-order valence-corrected chi connectivity index (χ2v) is 6.43. The monoisotopic (exact) mass is 321 g/mol. The van der Waals surface area contributed by atoms with Gasteiger partial charge >= 0.3 is 6.09 Å². The van der Waals surface area contributed by atoms with E-state index in [1.807, 2.05) is 47.8 Å². The first kappa shape index (κ1) is 14.0. The SMILES string of the molecule is O=C1N[C@@H](c2cccc(-c3ccccc3)c2)[C@H](c2cccs2)O1. The van der Waals surface area contributed by atoms with Gasteiger partial charge in [0.25, 0.3) is 0 Å². The number of nitrogens with one attached hydrogen (secondary N) is 1. The molecule has 1 N–H and O–H groups in total. The predicted octanol–water partition coefficient (Wildman–Crippen LogP) is 4.94. The lowest BCUT2D eigenvalue weighted by atomic mass is 9.96. The standard InChI is InChI=1S/C19H15NO2S/c21-19-20-17(18(22-19)16-10-5-11-23-16)15-9-4-8-14(12-15)13-6-2-1-3-7-13/h1-12,17-18H,(H,20,21)/t17-,18-/m0/s1. The Balaban J connectivity index is 1.71. The third-order valence-corrected chi connectivity index (χ3v) is 4.92. The lowest BCUT2D eigenvalue weighted by Gasteiger charge is -2.17. The first-order valence-corrected chi connectivity index (χ1v) is 8.35. The lowest BCUT2D eigenvalue weighted by Crippen LogP contribution is -2.19. The Morgan fingerprint density at radius 1 is 0.913 bits per heavy atom. The lowest BCUT2D eigenvalue weighted by molar-refractivity contribution is 0.134. The van der Waals surface area contributed by atoms with Gasteiger partial charge in [-0.25, -0.2) is 4.79 Å². The van der Waals surface area contributed by atoms with E-state index in [0.29, 0.717) is 0 Å². The highest BCUT2D eigenvalue weighted by atomic mass is 32.1. The summed E-state index contributed by atoms with van der Waals surface area (Å²) >= 11 is 1.60. The van der Waals surface area contributed by atoms with E-state index >= 15 is 0 Å². The molecule has 3 nitrogen and oxygen atoms in total. The molecule has 2 atom stereocenters. The highest BCUT2D eigenvalue weighted by Crippen LogP contribution is 2.39. The molecule has 23 heavy (non-hydrogen) atoms. The van der Waals surface area contributed by atoms with Crippen LogP contribution in [0.25, 0.3) is 11.1 Å². The number of benzene rings is 2. The summed E-state index contributed by atoms with van der Waals surface area (Å²) in [6.45, 7) is 0. The van der Waals surface area contributed by atoms with E-state index in [-0.39, 0.29) is 18.2 Å². The molecule has 0 saturated carbocycles. The van der Waals surface area contributed by atoms with E-state index in [1.54, 1.807) is 11.3 Å². The first-order valence-electron chi connectivity index (χ1n) is 7.47. The van der Waals surface area contributed by atoms with Gasteiger partial charge in [0.05, 0.1) is 6.04 Å². The topological polar surface area (TPSA) is 38.3 Å². The van der Waals surface area contributed by atoms with E-state index < -0.39 is 0 Å². The molecule has 0 spiro atoms. The molecule has 0 unspecified atom stereocenters. The van der Waals surface area contributed by atoms with Crippen LogP contribution in [0.15, 0.2) is 72.1 Å². The maximum Gasteiger partial charge on any atom is 0.408 e. The number of amides is 1. The summed E-state index contributed by atoms with van der Waals surface area (Å²) in [5.74, 6) is 0. The number of rotatable bonds is 3. The van der Waals surface area contributed by atoms with Gasteiger partial charge < -0.3 is 10.1 Å². The van der Waals surface area contributed by atoms with Crippen molar-refractivity contribution in [1.82, 2.24) is 5.32 Å². The van der Waals surface area contributed by atoms with E-state index in [4.69, 9.17) is 4.74 Å². The van der Waals surface area contributed by atoms with Gasteiger partial charge in [0.2, 0.25) is 0 Å². The molecule has 1 fully saturated rings. The Morgan fingerprint density at radius 2 is 1.74 bits per heavy atom. The van der Waals surface area contributed by atoms with Gasteiger partial charge in [0.15, 0.2) is 6.10 Å². The zero-order valence-corrected chi connectivity index (χ0v) is 13.1. The van der Waals surface area contributed by atoms with Crippen molar-refractivity contribution >= 4 is 17.4 Å². The number of carbonyl (C=O) groups excluding carboxylic acids is 1. The van der Waals surface area contributed by atoms with Gasteiger partial charge in [-0.05, 0) is 34.2 Å². The molecule has 1 aliphatic rings. The third kappa shape index (κ3) is 2.73. The number of cyclic esters (lactones) is 1. The average molecular weight is 321 g/mol. The van der Waals surface area contributed by atoms with Crippen molar-refractivity contribution in [2.45, 2.75) is 12.1 Å². The van der Waals surface area contributed by atoms with Gasteiger partial charge in [0, 0.05) is 4.88 Å². The Bertz CT molecular complexity index is 814. The zero-order chi connectivity index (χ0) is 15.6. The smallest absolute Gasteiger partial charge is 0.408 e. The molecule has 1 amide bonds. The van der Waals surface area contributed by atoms with Gasteiger partial charge in [0.1, 0.15) is 0 Å². The summed E-state index contributed by atoms with van der Waals surface area (Å²) in [6.07, 6.45) is -0.632. The number of carbonyl (C=O) groups is 1. The fraction of sp³-hybridized carbons (Fsp3) is 0.105. The molecule has 1 aromatic heterocycles. The molecule has 0 aliphatic carbocycles. The van der Waals surface area contributed by atoms with Crippen LogP contribution in [0.5, 0.6) is 0 Å². The fourth-order valence-electron chi connectivity index (χ4n) is 2.90. The molecule has 114 valence electrons. The van der Waals surface area contributed by atoms with Crippen molar-refractivity contribution in [3.05, 3.63) is 82.6 Å². The van der Waals surface area contributed by atoms with Crippen LogP contribution in [0, 0.1) is 0 Å². The summed E-state index contributed by atoms with van der Waals surface area (Å²) in [7, 11) is 0. The van der Waals surface area contributed by atoms with Crippen molar-refractivity contribution in [2.24, 2.45) is 0 Å².